The molecule has 84 valence electrons. The van der Waals surface area contributed by atoms with Gasteiger partial charge in [-0.2, -0.15) is 0 Å². The van der Waals surface area contributed by atoms with Crippen molar-refractivity contribution < 1.29 is 0 Å². The van der Waals surface area contributed by atoms with Crippen molar-refractivity contribution in [2.45, 2.75) is 19.9 Å². The molecule has 0 aliphatic carbocycles. The molecule has 0 fully saturated rings. The third-order valence-corrected chi connectivity index (χ3v) is 2.86. The lowest BCUT2D eigenvalue weighted by Crippen LogP contribution is -2.22. The highest BCUT2D eigenvalue weighted by molar-refractivity contribution is 9.10. The SMILES string of the molecule is CC(CCN)CNCc1cccc(Br)c1. The van der Waals surface area contributed by atoms with Gasteiger partial charge in [-0.1, -0.05) is 35.0 Å². The second-order valence-electron chi connectivity index (χ2n) is 3.94. The summed E-state index contributed by atoms with van der Waals surface area (Å²) in [4.78, 5) is 0. The van der Waals surface area contributed by atoms with Crippen LogP contribution in [0.4, 0.5) is 0 Å². The molecule has 3 N–H and O–H groups in total. The van der Waals surface area contributed by atoms with Gasteiger partial charge in [0.05, 0.1) is 0 Å². The van der Waals surface area contributed by atoms with E-state index in [1.165, 1.54) is 5.56 Å². The van der Waals surface area contributed by atoms with Crippen molar-refractivity contribution >= 4 is 15.9 Å². The molecule has 1 aromatic rings. The van der Waals surface area contributed by atoms with Crippen LogP contribution in [-0.4, -0.2) is 13.1 Å². The highest BCUT2D eigenvalue weighted by Crippen LogP contribution is 2.11. The fraction of sp³-hybridized carbons (Fsp3) is 0.500. The summed E-state index contributed by atoms with van der Waals surface area (Å²) < 4.78 is 1.14. The lowest BCUT2D eigenvalue weighted by Gasteiger charge is -2.11. The lowest BCUT2D eigenvalue weighted by atomic mass is 10.1. The normalized spacial score (nSPS) is 12.7. The van der Waals surface area contributed by atoms with Crippen molar-refractivity contribution in [1.29, 1.82) is 0 Å². The zero-order chi connectivity index (χ0) is 11.1. The number of hydrogen-bond acceptors (Lipinski definition) is 2. The van der Waals surface area contributed by atoms with E-state index in [0.717, 1.165) is 30.5 Å². The van der Waals surface area contributed by atoms with Gasteiger partial charge in [-0.15, -0.1) is 0 Å². The first-order chi connectivity index (χ1) is 7.22. The van der Waals surface area contributed by atoms with E-state index in [1.54, 1.807) is 0 Å². The summed E-state index contributed by atoms with van der Waals surface area (Å²) in [6.45, 7) is 4.96. The zero-order valence-electron chi connectivity index (χ0n) is 9.17. The second kappa shape index (κ2) is 6.99. The highest BCUT2D eigenvalue weighted by Gasteiger charge is 2.00. The molecule has 0 aliphatic rings. The maximum atomic E-state index is 5.50. The molecule has 3 heteroatoms. The van der Waals surface area contributed by atoms with Gasteiger partial charge in [-0.25, -0.2) is 0 Å². The Bertz CT molecular complexity index is 289. The molecule has 1 rings (SSSR count). The van der Waals surface area contributed by atoms with E-state index in [2.05, 4.69) is 46.4 Å². The number of nitrogens with one attached hydrogen (secondary N) is 1. The molecule has 0 saturated carbocycles. The van der Waals surface area contributed by atoms with Crippen LogP contribution in [0, 0.1) is 5.92 Å². The van der Waals surface area contributed by atoms with E-state index in [1.807, 2.05) is 6.07 Å². The zero-order valence-corrected chi connectivity index (χ0v) is 10.8. The molecule has 0 heterocycles. The fourth-order valence-electron chi connectivity index (χ4n) is 1.50. The van der Waals surface area contributed by atoms with E-state index in [0.29, 0.717) is 5.92 Å². The number of benzene rings is 1. The third kappa shape index (κ3) is 5.30. The molecule has 1 atom stereocenters. The van der Waals surface area contributed by atoms with Gasteiger partial charge < -0.3 is 11.1 Å². The van der Waals surface area contributed by atoms with E-state index in [4.69, 9.17) is 5.73 Å². The van der Waals surface area contributed by atoms with Gasteiger partial charge in [0.1, 0.15) is 0 Å². The second-order valence-corrected chi connectivity index (χ2v) is 4.86. The van der Waals surface area contributed by atoms with Crippen LogP contribution in [0.3, 0.4) is 0 Å². The number of nitrogens with two attached hydrogens (primary N) is 1. The molecule has 1 unspecified atom stereocenters. The van der Waals surface area contributed by atoms with Crippen LogP contribution in [0.1, 0.15) is 18.9 Å². The smallest absolute Gasteiger partial charge is 0.0206 e. The Kier molecular flexibility index (Phi) is 5.91. The maximum Gasteiger partial charge on any atom is 0.0206 e. The summed E-state index contributed by atoms with van der Waals surface area (Å²) in [5, 5.41) is 3.44. The van der Waals surface area contributed by atoms with Gasteiger partial charge in [0.15, 0.2) is 0 Å². The standard InChI is InChI=1S/C12H19BrN2/c1-10(5-6-14)8-15-9-11-3-2-4-12(13)7-11/h2-4,7,10,15H,5-6,8-9,14H2,1H3. The summed E-state index contributed by atoms with van der Waals surface area (Å²) in [5.74, 6) is 0.655. The largest absolute Gasteiger partial charge is 0.330 e. The molecule has 2 nitrogen and oxygen atoms in total. The van der Waals surface area contributed by atoms with Gasteiger partial charge in [-0.05, 0) is 43.1 Å². The van der Waals surface area contributed by atoms with Crippen LogP contribution >= 0.6 is 15.9 Å². The molecule has 0 saturated heterocycles. The summed E-state index contributed by atoms with van der Waals surface area (Å²) in [6, 6.07) is 8.37. The molecule has 15 heavy (non-hydrogen) atoms. The lowest BCUT2D eigenvalue weighted by molar-refractivity contribution is 0.486. The summed E-state index contributed by atoms with van der Waals surface area (Å²) in [6.07, 6.45) is 1.09. The number of hydrogen-bond donors (Lipinski definition) is 2. The Hall–Kier alpha value is -0.380. The van der Waals surface area contributed by atoms with Crippen molar-refractivity contribution in [3.63, 3.8) is 0 Å². The first kappa shape index (κ1) is 12.7. The fourth-order valence-corrected chi connectivity index (χ4v) is 1.94. The highest BCUT2D eigenvalue weighted by atomic mass is 79.9. The molecular formula is C12H19BrN2. The van der Waals surface area contributed by atoms with Crippen molar-refractivity contribution in [3.05, 3.63) is 34.3 Å². The topological polar surface area (TPSA) is 38.0 Å². The van der Waals surface area contributed by atoms with Crippen molar-refractivity contribution in [1.82, 2.24) is 5.32 Å². The summed E-state index contributed by atoms with van der Waals surface area (Å²) >= 11 is 3.46. The van der Waals surface area contributed by atoms with Crippen LogP contribution in [0.5, 0.6) is 0 Å². The predicted molar refractivity (Wildman–Crippen MR) is 68.7 cm³/mol. The Balaban J connectivity index is 2.25. The minimum Gasteiger partial charge on any atom is -0.330 e. The van der Waals surface area contributed by atoms with E-state index in [9.17, 15) is 0 Å². The van der Waals surface area contributed by atoms with Gasteiger partial charge in [0, 0.05) is 11.0 Å². The average molecular weight is 271 g/mol. The summed E-state index contributed by atoms with van der Waals surface area (Å²) in [7, 11) is 0. The quantitative estimate of drug-likeness (QED) is 0.834. The third-order valence-electron chi connectivity index (χ3n) is 2.37. The van der Waals surface area contributed by atoms with Gasteiger partial charge in [0.2, 0.25) is 0 Å². The summed E-state index contributed by atoms with van der Waals surface area (Å²) in [5.41, 5.74) is 6.81. The molecule has 0 bridgehead atoms. The Morgan fingerprint density at radius 2 is 2.27 bits per heavy atom. The molecular weight excluding hydrogens is 252 g/mol. The van der Waals surface area contributed by atoms with E-state index >= 15 is 0 Å². The maximum absolute atomic E-state index is 5.50. The number of halogens is 1. The first-order valence-corrected chi connectivity index (χ1v) is 6.17. The molecule has 1 aromatic carbocycles. The van der Waals surface area contributed by atoms with E-state index < -0.39 is 0 Å². The minimum atomic E-state index is 0.655. The van der Waals surface area contributed by atoms with Crippen LogP contribution in [0.2, 0.25) is 0 Å². The van der Waals surface area contributed by atoms with Gasteiger partial charge in [-0.3, -0.25) is 0 Å². The predicted octanol–water partition coefficient (Wildman–Crippen LogP) is 2.52. The van der Waals surface area contributed by atoms with Crippen LogP contribution in [0.25, 0.3) is 0 Å². The molecule has 0 spiro atoms. The Morgan fingerprint density at radius 1 is 1.47 bits per heavy atom. The molecule has 0 aromatic heterocycles. The van der Waals surface area contributed by atoms with Crippen molar-refractivity contribution in [2.75, 3.05) is 13.1 Å². The Labute approximate surface area is 100 Å². The monoisotopic (exact) mass is 270 g/mol. The van der Waals surface area contributed by atoms with Crippen molar-refractivity contribution in [2.24, 2.45) is 11.7 Å². The van der Waals surface area contributed by atoms with Crippen LogP contribution < -0.4 is 11.1 Å². The molecule has 0 amide bonds. The first-order valence-electron chi connectivity index (χ1n) is 5.37. The van der Waals surface area contributed by atoms with Gasteiger partial charge >= 0.3 is 0 Å². The molecule has 0 radical (unpaired) electrons. The minimum absolute atomic E-state index is 0.655. The number of rotatable bonds is 6. The average Bonchev–Trinajstić information content (AvgIpc) is 2.18. The van der Waals surface area contributed by atoms with Crippen molar-refractivity contribution in [3.8, 4) is 0 Å². The van der Waals surface area contributed by atoms with Crippen LogP contribution in [-0.2, 0) is 6.54 Å². The Morgan fingerprint density at radius 3 is 2.93 bits per heavy atom. The van der Waals surface area contributed by atoms with E-state index in [-0.39, 0.29) is 0 Å². The van der Waals surface area contributed by atoms with Crippen LogP contribution in [0.15, 0.2) is 28.7 Å². The molecule has 0 aliphatic heterocycles. The van der Waals surface area contributed by atoms with Gasteiger partial charge in [0.25, 0.3) is 0 Å².